The predicted octanol–water partition coefficient (Wildman–Crippen LogP) is 0.135. The minimum absolute atomic E-state index is 0. The van der Waals surface area contributed by atoms with Gasteiger partial charge in [-0.3, -0.25) is 4.79 Å². The second-order valence-corrected chi connectivity index (χ2v) is 6.64. The highest BCUT2D eigenvalue weighted by Gasteiger charge is 2.17. The number of nitrogens with zero attached hydrogens (tertiary/aromatic N) is 1. The van der Waals surface area contributed by atoms with E-state index >= 15 is 0 Å². The molecule has 0 atom stereocenters. The Balaban J connectivity index is 0.00000196. The van der Waals surface area contributed by atoms with Gasteiger partial charge in [0.05, 0.1) is 0 Å². The molecule has 2 aliphatic rings. The number of hydrogen-bond acceptors (Lipinski definition) is 4. The third-order valence-electron chi connectivity index (χ3n) is 5.03. The monoisotopic (exact) mass is 372 g/mol. The largest absolute Gasteiger partial charge is 1.00 e. The third-order valence-corrected chi connectivity index (χ3v) is 5.03. The summed E-state index contributed by atoms with van der Waals surface area (Å²) in [6.07, 6.45) is 2.67. The summed E-state index contributed by atoms with van der Waals surface area (Å²) < 4.78 is 11.1. The number of fused-ring (bicyclic) bond motifs is 2. The first-order valence-corrected chi connectivity index (χ1v) is 9.01. The molecule has 0 unspecified atom stereocenters. The van der Waals surface area contributed by atoms with Crippen molar-refractivity contribution in [1.82, 2.24) is 4.90 Å². The summed E-state index contributed by atoms with van der Waals surface area (Å²) in [5.41, 5.74) is 3.61. The zero-order chi connectivity index (χ0) is 17.1. The van der Waals surface area contributed by atoms with Gasteiger partial charge in [0.15, 0.2) is 17.3 Å². The molecule has 0 saturated carbocycles. The molecule has 4 rings (SSSR count). The molecule has 0 spiro atoms. The standard InChI is InChI=1S/C21H23NO3.ClH/c23-19(18-5-6-20-21(15-18)25-14-13-24-20)9-12-22-10-7-16-3-1-2-4-17(16)8-11-22;/h1-6,15H,7-14H2;1H/p-1. The van der Waals surface area contributed by atoms with E-state index in [0.29, 0.717) is 30.9 Å². The molecule has 138 valence electrons. The van der Waals surface area contributed by atoms with Gasteiger partial charge in [0.1, 0.15) is 13.2 Å². The maximum atomic E-state index is 12.6. The summed E-state index contributed by atoms with van der Waals surface area (Å²) in [7, 11) is 0. The lowest BCUT2D eigenvalue weighted by molar-refractivity contribution is -0.0000136. The van der Waals surface area contributed by atoms with Crippen molar-refractivity contribution in [2.75, 3.05) is 32.8 Å². The Hall–Kier alpha value is -2.04. The quantitative estimate of drug-likeness (QED) is 0.715. The van der Waals surface area contributed by atoms with Gasteiger partial charge in [-0.05, 0) is 42.2 Å². The second kappa shape index (κ2) is 8.56. The number of halogens is 1. The predicted molar refractivity (Wildman–Crippen MR) is 96.7 cm³/mol. The van der Waals surface area contributed by atoms with Crippen molar-refractivity contribution in [1.29, 1.82) is 0 Å². The molecule has 0 saturated heterocycles. The number of benzene rings is 2. The van der Waals surface area contributed by atoms with Gasteiger partial charge in [-0.2, -0.15) is 0 Å². The fourth-order valence-electron chi connectivity index (χ4n) is 3.56. The fraction of sp³-hybridized carbons (Fsp3) is 0.381. The Morgan fingerprint density at radius 2 is 1.58 bits per heavy atom. The van der Waals surface area contributed by atoms with Gasteiger partial charge in [0, 0.05) is 31.6 Å². The number of ketones is 1. The van der Waals surface area contributed by atoms with Gasteiger partial charge < -0.3 is 26.8 Å². The van der Waals surface area contributed by atoms with Crippen LogP contribution in [0.5, 0.6) is 11.5 Å². The molecule has 0 radical (unpaired) electrons. The topological polar surface area (TPSA) is 38.8 Å². The maximum Gasteiger partial charge on any atom is 0.164 e. The molecule has 0 aromatic heterocycles. The van der Waals surface area contributed by atoms with Gasteiger partial charge in [-0.1, -0.05) is 24.3 Å². The minimum atomic E-state index is 0. The van der Waals surface area contributed by atoms with E-state index in [1.54, 1.807) is 0 Å². The lowest BCUT2D eigenvalue weighted by Gasteiger charge is -2.20. The lowest BCUT2D eigenvalue weighted by atomic mass is 10.0. The first-order chi connectivity index (χ1) is 12.3. The summed E-state index contributed by atoms with van der Waals surface area (Å²) in [6.45, 7) is 3.95. The molecule has 0 amide bonds. The van der Waals surface area contributed by atoms with E-state index < -0.39 is 0 Å². The maximum absolute atomic E-state index is 12.6. The number of ether oxygens (including phenoxy) is 2. The van der Waals surface area contributed by atoms with Crippen LogP contribution < -0.4 is 21.9 Å². The van der Waals surface area contributed by atoms with Crippen molar-refractivity contribution in [3.05, 3.63) is 59.2 Å². The highest BCUT2D eigenvalue weighted by Crippen LogP contribution is 2.31. The van der Waals surface area contributed by atoms with Gasteiger partial charge >= 0.3 is 0 Å². The van der Waals surface area contributed by atoms with E-state index in [0.717, 1.165) is 38.2 Å². The summed E-state index contributed by atoms with van der Waals surface area (Å²) in [5.74, 6) is 1.58. The summed E-state index contributed by atoms with van der Waals surface area (Å²) >= 11 is 0. The molecule has 2 heterocycles. The van der Waals surface area contributed by atoms with Crippen LogP contribution in [-0.2, 0) is 12.8 Å². The first kappa shape index (κ1) is 18.7. The van der Waals surface area contributed by atoms with E-state index in [9.17, 15) is 4.79 Å². The Kier molecular flexibility index (Phi) is 6.17. The first-order valence-electron chi connectivity index (χ1n) is 9.01. The van der Waals surface area contributed by atoms with Crippen molar-refractivity contribution in [2.24, 2.45) is 0 Å². The van der Waals surface area contributed by atoms with Crippen molar-refractivity contribution in [3.63, 3.8) is 0 Å². The molecule has 26 heavy (non-hydrogen) atoms. The van der Waals surface area contributed by atoms with Crippen molar-refractivity contribution < 1.29 is 26.7 Å². The average molecular weight is 373 g/mol. The summed E-state index contributed by atoms with van der Waals surface area (Å²) in [6, 6.07) is 14.2. The number of Topliss-reactive ketones (excluding diaryl/α,β-unsaturated/α-hetero) is 1. The third kappa shape index (κ3) is 4.19. The van der Waals surface area contributed by atoms with Crippen LogP contribution in [0, 0.1) is 0 Å². The Labute approximate surface area is 160 Å². The van der Waals surface area contributed by atoms with Crippen LogP contribution in [-0.4, -0.2) is 43.5 Å². The van der Waals surface area contributed by atoms with E-state index in [-0.39, 0.29) is 18.2 Å². The molecule has 5 heteroatoms. The molecular formula is C21H23ClNO3-. The molecule has 0 fully saturated rings. The molecule has 0 bridgehead atoms. The van der Waals surface area contributed by atoms with Crippen LogP contribution in [0.2, 0.25) is 0 Å². The number of carbonyl (C=O) groups excluding carboxylic acids is 1. The van der Waals surface area contributed by atoms with E-state index in [1.807, 2.05) is 18.2 Å². The minimum Gasteiger partial charge on any atom is -1.00 e. The Bertz CT molecular complexity index is 751. The van der Waals surface area contributed by atoms with E-state index in [1.165, 1.54) is 11.1 Å². The summed E-state index contributed by atoms with van der Waals surface area (Å²) in [4.78, 5) is 15.0. The number of hydrogen-bond donors (Lipinski definition) is 0. The normalized spacial score (nSPS) is 16.2. The van der Waals surface area contributed by atoms with Crippen molar-refractivity contribution in [3.8, 4) is 11.5 Å². The molecule has 2 aromatic rings. The fourth-order valence-corrected chi connectivity index (χ4v) is 3.56. The van der Waals surface area contributed by atoms with Gasteiger partial charge in [-0.25, -0.2) is 0 Å². The Morgan fingerprint density at radius 3 is 2.27 bits per heavy atom. The Morgan fingerprint density at radius 1 is 0.923 bits per heavy atom. The van der Waals surface area contributed by atoms with Gasteiger partial charge in [0.25, 0.3) is 0 Å². The van der Waals surface area contributed by atoms with Crippen LogP contribution >= 0.6 is 0 Å². The van der Waals surface area contributed by atoms with Crippen molar-refractivity contribution >= 4 is 5.78 Å². The second-order valence-electron chi connectivity index (χ2n) is 6.64. The van der Waals surface area contributed by atoms with E-state index in [4.69, 9.17) is 9.47 Å². The molecule has 0 N–H and O–H groups in total. The zero-order valence-corrected chi connectivity index (χ0v) is 15.5. The molecule has 4 nitrogen and oxygen atoms in total. The van der Waals surface area contributed by atoms with E-state index in [2.05, 4.69) is 29.2 Å². The van der Waals surface area contributed by atoms with Crippen LogP contribution in [0.4, 0.5) is 0 Å². The van der Waals surface area contributed by atoms with Crippen LogP contribution in [0.1, 0.15) is 27.9 Å². The van der Waals surface area contributed by atoms with Crippen LogP contribution in [0.3, 0.4) is 0 Å². The van der Waals surface area contributed by atoms with Gasteiger partial charge in [-0.15, -0.1) is 0 Å². The highest BCUT2D eigenvalue weighted by atomic mass is 35.5. The smallest absolute Gasteiger partial charge is 0.164 e. The van der Waals surface area contributed by atoms with Crippen LogP contribution in [0.15, 0.2) is 42.5 Å². The zero-order valence-electron chi connectivity index (χ0n) is 14.7. The number of rotatable bonds is 4. The molecule has 2 aliphatic heterocycles. The lowest BCUT2D eigenvalue weighted by Crippen LogP contribution is -3.00. The molecular weight excluding hydrogens is 350 g/mol. The molecule has 0 aliphatic carbocycles. The highest BCUT2D eigenvalue weighted by molar-refractivity contribution is 5.96. The SMILES string of the molecule is O=C(CCN1CCc2ccccc2CC1)c1ccc2c(c1)OCCO2.[Cl-]. The number of carbonyl (C=O) groups is 1. The molecule has 2 aromatic carbocycles. The average Bonchev–Trinajstić information content (AvgIpc) is 2.88. The summed E-state index contributed by atoms with van der Waals surface area (Å²) in [5, 5.41) is 0. The van der Waals surface area contributed by atoms with Crippen molar-refractivity contribution in [2.45, 2.75) is 19.3 Å². The van der Waals surface area contributed by atoms with Crippen LogP contribution in [0.25, 0.3) is 0 Å². The van der Waals surface area contributed by atoms with Gasteiger partial charge in [0.2, 0.25) is 0 Å².